The number of hydrogen-bond donors (Lipinski definition) is 1. The number of nitrogens with zero attached hydrogens (tertiary/aromatic N) is 3. The summed E-state index contributed by atoms with van der Waals surface area (Å²) in [6.45, 7) is -0.522. The first-order valence-corrected chi connectivity index (χ1v) is 12.4. The molecule has 0 aliphatic heterocycles. The van der Waals surface area contributed by atoms with Crippen LogP contribution in [0.25, 0.3) is 33.5 Å². The molecule has 1 N–H and O–H groups in total. The lowest BCUT2D eigenvalue weighted by molar-refractivity contribution is -0.139. The molecule has 0 aliphatic rings. The van der Waals surface area contributed by atoms with Crippen LogP contribution in [-0.2, 0) is 4.79 Å². The monoisotopic (exact) mass is 625 g/mol. The summed E-state index contributed by atoms with van der Waals surface area (Å²) >= 11 is 6.90. The van der Waals surface area contributed by atoms with Crippen LogP contribution in [0, 0.1) is 0 Å². The molecule has 0 atom stereocenters. The molecular formula is C26H17Br2N3O6. The molecule has 0 saturated carbocycles. The topological polar surface area (TPSA) is 116 Å². The predicted octanol–water partition coefficient (Wildman–Crippen LogP) is 5.69. The van der Waals surface area contributed by atoms with Crippen LogP contribution in [0.15, 0.2) is 83.9 Å². The summed E-state index contributed by atoms with van der Waals surface area (Å²) in [6, 6.07) is 17.6. The number of rotatable bonds is 7. The third kappa shape index (κ3) is 5.00. The average Bonchev–Trinajstić information content (AvgIpc) is 3.30. The van der Waals surface area contributed by atoms with Gasteiger partial charge in [0.2, 0.25) is 5.82 Å². The smallest absolute Gasteiger partial charge is 0.341 e. The Bertz CT molecular complexity index is 1760. The van der Waals surface area contributed by atoms with Crippen molar-refractivity contribution in [2.75, 3.05) is 13.7 Å². The number of halogens is 2. The van der Waals surface area contributed by atoms with Crippen molar-refractivity contribution < 1.29 is 23.8 Å². The molecule has 2 heterocycles. The second-order valence-electron chi connectivity index (χ2n) is 7.81. The van der Waals surface area contributed by atoms with Gasteiger partial charge in [0, 0.05) is 19.9 Å². The molecule has 5 rings (SSSR count). The van der Waals surface area contributed by atoms with Gasteiger partial charge in [-0.2, -0.15) is 9.78 Å². The van der Waals surface area contributed by atoms with Crippen molar-refractivity contribution in [1.82, 2.24) is 9.66 Å². The largest absolute Gasteiger partial charge is 0.493 e. The second kappa shape index (κ2) is 10.2. The van der Waals surface area contributed by atoms with E-state index in [1.807, 2.05) is 18.2 Å². The maximum atomic E-state index is 13.5. The Hall–Kier alpha value is -3.96. The van der Waals surface area contributed by atoms with E-state index in [1.165, 1.54) is 18.0 Å². The van der Waals surface area contributed by atoms with Crippen LogP contribution in [0.4, 0.5) is 0 Å². The number of benzene rings is 3. The van der Waals surface area contributed by atoms with E-state index in [1.54, 1.807) is 42.5 Å². The van der Waals surface area contributed by atoms with Gasteiger partial charge in [0.25, 0.3) is 5.56 Å². The first-order valence-electron chi connectivity index (χ1n) is 10.8. The summed E-state index contributed by atoms with van der Waals surface area (Å²) in [5.41, 5.74) is 1.33. The molecule has 0 aliphatic carbocycles. The quantitative estimate of drug-likeness (QED) is 0.231. The molecule has 0 bridgehead atoms. The molecule has 2 aromatic heterocycles. The second-order valence-corrected chi connectivity index (χ2v) is 9.58. The minimum atomic E-state index is -1.11. The molecular weight excluding hydrogens is 610 g/mol. The van der Waals surface area contributed by atoms with Gasteiger partial charge in [-0.05, 0) is 64.5 Å². The molecule has 0 radical (unpaired) electrons. The molecule has 0 spiro atoms. The minimum Gasteiger partial charge on any atom is -0.493 e. The fourth-order valence-electron chi connectivity index (χ4n) is 3.70. The fraction of sp³-hybridized carbons (Fsp3) is 0.0769. The number of para-hydroxylation sites is 1. The van der Waals surface area contributed by atoms with E-state index in [-0.39, 0.29) is 17.1 Å². The lowest BCUT2D eigenvalue weighted by atomic mass is 10.2. The fourth-order valence-corrected chi connectivity index (χ4v) is 4.50. The van der Waals surface area contributed by atoms with E-state index < -0.39 is 12.6 Å². The highest BCUT2D eigenvalue weighted by Gasteiger charge is 2.17. The van der Waals surface area contributed by atoms with Gasteiger partial charge >= 0.3 is 5.97 Å². The van der Waals surface area contributed by atoms with Crippen LogP contribution >= 0.6 is 31.9 Å². The summed E-state index contributed by atoms with van der Waals surface area (Å²) in [7, 11) is 1.44. The van der Waals surface area contributed by atoms with Gasteiger partial charge in [0.15, 0.2) is 23.9 Å². The Morgan fingerprint density at radius 1 is 1.14 bits per heavy atom. The number of fused-ring (bicyclic) bond motifs is 2. The molecule has 0 unspecified atom stereocenters. The van der Waals surface area contributed by atoms with Crippen molar-refractivity contribution in [3.63, 3.8) is 0 Å². The van der Waals surface area contributed by atoms with Crippen molar-refractivity contribution in [2.45, 2.75) is 0 Å². The lowest BCUT2D eigenvalue weighted by Crippen LogP contribution is -2.20. The standard InChI is InChI=1S/C26H17Br2N3O6/c1-35-21-10-15(18(28)11-22(21)36-13-24(32)33)12-29-31-25(30-19-5-3-2-4-17(19)26(31)34)23-9-14-8-16(27)6-7-20(14)37-23/h2-12H,13H2,1H3,(H,32,33). The Labute approximate surface area is 226 Å². The zero-order chi connectivity index (χ0) is 26.1. The number of methoxy groups -OCH3 is 1. The van der Waals surface area contributed by atoms with E-state index in [0.717, 1.165) is 9.86 Å². The van der Waals surface area contributed by atoms with Crippen LogP contribution in [0.3, 0.4) is 0 Å². The number of carboxylic acid groups (broad SMARTS) is 1. The minimum absolute atomic E-state index is 0.233. The van der Waals surface area contributed by atoms with Crippen LogP contribution < -0.4 is 15.0 Å². The first kappa shape index (κ1) is 24.7. The first-order chi connectivity index (χ1) is 17.8. The van der Waals surface area contributed by atoms with Crippen LogP contribution in [0.1, 0.15) is 5.56 Å². The summed E-state index contributed by atoms with van der Waals surface area (Å²) in [5.74, 6) is 0.0435. The van der Waals surface area contributed by atoms with Gasteiger partial charge in [-0.1, -0.05) is 28.1 Å². The van der Waals surface area contributed by atoms with E-state index >= 15 is 0 Å². The molecule has 0 saturated heterocycles. The molecule has 37 heavy (non-hydrogen) atoms. The van der Waals surface area contributed by atoms with Gasteiger partial charge < -0.3 is 19.0 Å². The number of ether oxygens (including phenoxy) is 2. The normalized spacial score (nSPS) is 11.4. The Morgan fingerprint density at radius 3 is 2.73 bits per heavy atom. The summed E-state index contributed by atoms with van der Waals surface area (Å²) < 4.78 is 19.3. The van der Waals surface area contributed by atoms with Gasteiger partial charge in [0.05, 0.1) is 24.2 Å². The van der Waals surface area contributed by atoms with E-state index in [0.29, 0.717) is 38.0 Å². The zero-order valence-corrected chi connectivity index (χ0v) is 22.3. The molecule has 5 aromatic rings. The summed E-state index contributed by atoms with van der Waals surface area (Å²) in [4.78, 5) is 29.0. The summed E-state index contributed by atoms with van der Waals surface area (Å²) in [5, 5.41) is 14.6. The van der Waals surface area contributed by atoms with Crippen LogP contribution in [0.2, 0.25) is 0 Å². The van der Waals surface area contributed by atoms with E-state index in [4.69, 9.17) is 19.0 Å². The van der Waals surface area contributed by atoms with Crippen molar-refractivity contribution in [1.29, 1.82) is 0 Å². The van der Waals surface area contributed by atoms with Gasteiger partial charge in [-0.15, -0.1) is 0 Å². The molecule has 9 nitrogen and oxygen atoms in total. The number of aliphatic carboxylic acids is 1. The molecule has 0 amide bonds. The van der Waals surface area contributed by atoms with Gasteiger partial charge in [-0.3, -0.25) is 4.79 Å². The maximum absolute atomic E-state index is 13.5. The van der Waals surface area contributed by atoms with Crippen LogP contribution in [0.5, 0.6) is 11.5 Å². The van der Waals surface area contributed by atoms with E-state index in [2.05, 4.69) is 41.9 Å². The van der Waals surface area contributed by atoms with Gasteiger partial charge in [-0.25, -0.2) is 9.78 Å². The average molecular weight is 627 g/mol. The third-order valence-corrected chi connectivity index (χ3v) is 6.58. The molecule has 11 heteroatoms. The number of carboxylic acids is 1. The van der Waals surface area contributed by atoms with Crippen molar-refractivity contribution >= 4 is 65.9 Å². The Balaban J connectivity index is 1.64. The predicted molar refractivity (Wildman–Crippen MR) is 146 cm³/mol. The van der Waals surface area contributed by atoms with Crippen LogP contribution in [-0.4, -0.2) is 40.7 Å². The number of aromatic nitrogens is 2. The number of furan rings is 1. The van der Waals surface area contributed by atoms with Crippen molar-refractivity contribution in [3.05, 3.63) is 85.5 Å². The third-order valence-electron chi connectivity index (χ3n) is 5.40. The zero-order valence-electron chi connectivity index (χ0n) is 19.1. The highest BCUT2D eigenvalue weighted by molar-refractivity contribution is 9.10. The van der Waals surface area contributed by atoms with Crippen molar-refractivity contribution in [3.8, 4) is 23.1 Å². The molecule has 3 aromatic carbocycles. The van der Waals surface area contributed by atoms with E-state index in [9.17, 15) is 9.59 Å². The molecule has 0 fully saturated rings. The Morgan fingerprint density at radius 2 is 1.95 bits per heavy atom. The number of carbonyl (C=O) groups is 1. The summed E-state index contributed by atoms with van der Waals surface area (Å²) in [6.07, 6.45) is 1.47. The Kier molecular flexibility index (Phi) is 6.81. The lowest BCUT2D eigenvalue weighted by Gasteiger charge is -2.11. The van der Waals surface area contributed by atoms with Gasteiger partial charge in [0.1, 0.15) is 5.58 Å². The number of hydrogen-bond acceptors (Lipinski definition) is 7. The van der Waals surface area contributed by atoms with Crippen molar-refractivity contribution in [2.24, 2.45) is 5.10 Å². The maximum Gasteiger partial charge on any atom is 0.341 e. The highest BCUT2D eigenvalue weighted by atomic mass is 79.9. The molecule has 186 valence electrons. The highest BCUT2D eigenvalue weighted by Crippen LogP contribution is 2.33. The SMILES string of the molecule is COc1cc(C=Nn2c(-c3cc4cc(Br)ccc4o3)nc3ccccc3c2=O)c(Br)cc1OCC(=O)O.